The molecule has 1 aromatic rings. The average molecular weight is 222 g/mol. The number of carbonyl (C=O) groups is 1. The molecule has 0 aromatic carbocycles. The lowest BCUT2D eigenvalue weighted by Gasteiger charge is -2.19. The second kappa shape index (κ2) is 3.75. The number of ether oxygens (including phenoxy) is 1. The second-order valence-corrected chi connectivity index (χ2v) is 4.05. The summed E-state index contributed by atoms with van der Waals surface area (Å²) < 4.78 is 5.09. The third kappa shape index (κ3) is 1.63. The van der Waals surface area contributed by atoms with Gasteiger partial charge in [-0.1, -0.05) is 0 Å². The van der Waals surface area contributed by atoms with Crippen molar-refractivity contribution in [2.45, 2.75) is 24.3 Å². The van der Waals surface area contributed by atoms with Gasteiger partial charge in [0.15, 0.2) is 0 Å². The molecule has 0 amide bonds. The summed E-state index contributed by atoms with van der Waals surface area (Å²) in [6.45, 7) is 0. The molecule has 1 aliphatic rings. The van der Waals surface area contributed by atoms with E-state index in [2.05, 4.69) is 4.98 Å². The molecule has 86 valence electrons. The predicted octanol–water partition coefficient (Wildman–Crippen LogP) is 0.534. The molecule has 1 heterocycles. The Balaban J connectivity index is 2.32. The molecular formula is C11H14N2O3. The molecule has 2 rings (SSSR count). The Hall–Kier alpha value is -1.62. The van der Waals surface area contributed by atoms with E-state index in [4.69, 9.17) is 15.6 Å². The molecule has 3 N–H and O–H groups in total. The normalized spacial score (nSPS) is 18.9. The van der Waals surface area contributed by atoms with E-state index >= 15 is 0 Å². The summed E-state index contributed by atoms with van der Waals surface area (Å²) >= 11 is 0. The van der Waals surface area contributed by atoms with Crippen LogP contribution in [0.1, 0.15) is 18.5 Å². The molecule has 1 atom stereocenters. The van der Waals surface area contributed by atoms with Crippen LogP contribution in [-0.2, 0) is 10.2 Å². The number of aromatic nitrogens is 1. The minimum absolute atomic E-state index is 0.500. The molecule has 16 heavy (non-hydrogen) atoms. The van der Waals surface area contributed by atoms with Gasteiger partial charge in [-0.2, -0.15) is 0 Å². The molecule has 1 aromatic heterocycles. The fourth-order valence-corrected chi connectivity index (χ4v) is 1.91. The van der Waals surface area contributed by atoms with E-state index in [1.54, 1.807) is 25.4 Å². The third-order valence-electron chi connectivity index (χ3n) is 3.13. The summed E-state index contributed by atoms with van der Waals surface area (Å²) in [5.74, 6) is -0.309. The molecule has 0 saturated heterocycles. The van der Waals surface area contributed by atoms with E-state index < -0.39 is 17.4 Å². The van der Waals surface area contributed by atoms with Crippen LogP contribution in [0.2, 0.25) is 0 Å². The third-order valence-corrected chi connectivity index (χ3v) is 3.13. The highest BCUT2D eigenvalue weighted by molar-refractivity contribution is 5.76. The lowest BCUT2D eigenvalue weighted by molar-refractivity contribution is -0.139. The monoisotopic (exact) mass is 222 g/mol. The standard InChI is InChI=1S/C11H14N2O3/c1-16-7-2-5-13-8(6-7)11(3-4-11)9(12)10(14)15/h2,5-6,9H,3-4,12H2,1H3,(H,14,15). The van der Waals surface area contributed by atoms with Gasteiger partial charge in [-0.3, -0.25) is 9.78 Å². The van der Waals surface area contributed by atoms with Gasteiger partial charge in [0.25, 0.3) is 0 Å². The molecule has 0 radical (unpaired) electrons. The fraction of sp³-hybridized carbons (Fsp3) is 0.455. The van der Waals surface area contributed by atoms with Crippen LogP contribution in [0.4, 0.5) is 0 Å². The first-order valence-electron chi connectivity index (χ1n) is 5.09. The molecule has 1 aliphatic carbocycles. The first-order valence-corrected chi connectivity index (χ1v) is 5.09. The van der Waals surface area contributed by atoms with Gasteiger partial charge in [-0.15, -0.1) is 0 Å². The SMILES string of the molecule is COc1ccnc(C2(C(N)C(=O)O)CC2)c1. The van der Waals surface area contributed by atoms with Crippen LogP contribution in [0.25, 0.3) is 0 Å². The van der Waals surface area contributed by atoms with Crippen molar-refractivity contribution in [3.05, 3.63) is 24.0 Å². The maximum Gasteiger partial charge on any atom is 0.321 e. The number of hydrogen-bond acceptors (Lipinski definition) is 4. The van der Waals surface area contributed by atoms with E-state index in [1.165, 1.54) is 0 Å². The number of hydrogen-bond donors (Lipinski definition) is 2. The Morgan fingerprint density at radius 2 is 2.38 bits per heavy atom. The largest absolute Gasteiger partial charge is 0.497 e. The number of methoxy groups -OCH3 is 1. The van der Waals surface area contributed by atoms with Gasteiger partial charge in [0.05, 0.1) is 12.8 Å². The Morgan fingerprint density at radius 3 is 2.88 bits per heavy atom. The molecule has 1 unspecified atom stereocenters. The molecule has 5 nitrogen and oxygen atoms in total. The minimum Gasteiger partial charge on any atom is -0.497 e. The number of nitrogens with zero attached hydrogens (tertiary/aromatic N) is 1. The van der Waals surface area contributed by atoms with Crippen molar-refractivity contribution in [2.75, 3.05) is 7.11 Å². The highest BCUT2D eigenvalue weighted by atomic mass is 16.5. The first-order chi connectivity index (χ1) is 7.60. The summed E-state index contributed by atoms with van der Waals surface area (Å²) in [6.07, 6.45) is 3.14. The van der Waals surface area contributed by atoms with Crippen LogP contribution < -0.4 is 10.5 Å². The van der Waals surface area contributed by atoms with Crippen LogP contribution >= 0.6 is 0 Å². The van der Waals surface area contributed by atoms with Gasteiger partial charge in [0.2, 0.25) is 0 Å². The Labute approximate surface area is 93.2 Å². The van der Waals surface area contributed by atoms with Crippen molar-refractivity contribution < 1.29 is 14.6 Å². The Kier molecular flexibility index (Phi) is 2.55. The van der Waals surface area contributed by atoms with Gasteiger partial charge >= 0.3 is 5.97 Å². The predicted molar refractivity (Wildman–Crippen MR) is 57.3 cm³/mol. The summed E-state index contributed by atoms with van der Waals surface area (Å²) in [7, 11) is 1.57. The van der Waals surface area contributed by atoms with Crippen molar-refractivity contribution in [3.8, 4) is 5.75 Å². The van der Waals surface area contributed by atoms with E-state index in [1.807, 2.05) is 0 Å². The molecular weight excluding hydrogens is 208 g/mol. The maximum absolute atomic E-state index is 10.9. The number of pyridine rings is 1. The molecule has 1 saturated carbocycles. The van der Waals surface area contributed by atoms with Crippen molar-refractivity contribution in [1.82, 2.24) is 4.98 Å². The summed E-state index contributed by atoms with van der Waals surface area (Å²) in [4.78, 5) is 15.1. The van der Waals surface area contributed by atoms with Crippen LogP contribution in [0, 0.1) is 0 Å². The summed E-state index contributed by atoms with van der Waals surface area (Å²) in [5, 5.41) is 8.96. The maximum atomic E-state index is 10.9. The van der Waals surface area contributed by atoms with Crippen LogP contribution in [0.3, 0.4) is 0 Å². The average Bonchev–Trinajstić information content (AvgIpc) is 3.09. The first kappa shape index (κ1) is 10.9. The number of aliphatic carboxylic acids is 1. The van der Waals surface area contributed by atoms with E-state index in [0.29, 0.717) is 11.4 Å². The number of rotatable bonds is 4. The molecule has 5 heteroatoms. The van der Waals surface area contributed by atoms with Crippen molar-refractivity contribution in [3.63, 3.8) is 0 Å². The van der Waals surface area contributed by atoms with Crippen molar-refractivity contribution in [2.24, 2.45) is 5.73 Å². The lowest BCUT2D eigenvalue weighted by Crippen LogP contribution is -2.42. The van der Waals surface area contributed by atoms with Gasteiger partial charge in [-0.25, -0.2) is 0 Å². The zero-order valence-corrected chi connectivity index (χ0v) is 9.01. The van der Waals surface area contributed by atoms with Crippen LogP contribution in [-0.4, -0.2) is 29.2 Å². The topological polar surface area (TPSA) is 85.4 Å². The van der Waals surface area contributed by atoms with Crippen LogP contribution in [0.15, 0.2) is 18.3 Å². The van der Waals surface area contributed by atoms with Crippen LogP contribution in [0.5, 0.6) is 5.75 Å². The zero-order valence-electron chi connectivity index (χ0n) is 9.01. The van der Waals surface area contributed by atoms with Gasteiger partial charge in [0, 0.05) is 17.7 Å². The number of nitrogens with two attached hydrogens (primary N) is 1. The highest BCUT2D eigenvalue weighted by Crippen LogP contribution is 2.50. The van der Waals surface area contributed by atoms with E-state index in [0.717, 1.165) is 12.8 Å². The summed E-state index contributed by atoms with van der Waals surface area (Å²) in [5.41, 5.74) is 5.91. The minimum atomic E-state index is -0.984. The Bertz CT molecular complexity index is 415. The smallest absolute Gasteiger partial charge is 0.321 e. The van der Waals surface area contributed by atoms with E-state index in [-0.39, 0.29) is 0 Å². The van der Waals surface area contributed by atoms with Crippen molar-refractivity contribution >= 4 is 5.97 Å². The quantitative estimate of drug-likeness (QED) is 0.776. The van der Waals surface area contributed by atoms with Gasteiger partial charge in [-0.05, 0) is 18.9 Å². The zero-order chi connectivity index (χ0) is 11.8. The number of carboxylic acid groups (broad SMARTS) is 1. The van der Waals surface area contributed by atoms with Crippen molar-refractivity contribution in [1.29, 1.82) is 0 Å². The number of carboxylic acids is 1. The lowest BCUT2D eigenvalue weighted by atomic mass is 9.92. The molecule has 0 spiro atoms. The van der Waals surface area contributed by atoms with Gasteiger partial charge < -0.3 is 15.6 Å². The molecule has 0 aliphatic heterocycles. The summed E-state index contributed by atoms with van der Waals surface area (Å²) in [6, 6.07) is 2.59. The van der Waals surface area contributed by atoms with Gasteiger partial charge in [0.1, 0.15) is 11.8 Å². The second-order valence-electron chi connectivity index (χ2n) is 4.05. The highest BCUT2D eigenvalue weighted by Gasteiger charge is 2.53. The molecule has 1 fully saturated rings. The van der Waals surface area contributed by atoms with E-state index in [9.17, 15) is 4.79 Å². The fourth-order valence-electron chi connectivity index (χ4n) is 1.91. The Morgan fingerprint density at radius 1 is 1.69 bits per heavy atom. The molecule has 0 bridgehead atoms.